The van der Waals surface area contributed by atoms with Gasteiger partial charge in [0.05, 0.1) is 12.6 Å². The molecule has 2 heterocycles. The second-order valence-corrected chi connectivity index (χ2v) is 8.27. The molecular weight excluding hydrogens is 382 g/mol. The predicted molar refractivity (Wildman–Crippen MR) is 124 cm³/mol. The maximum atomic E-state index is 9.43. The van der Waals surface area contributed by atoms with E-state index in [2.05, 4.69) is 35.0 Å². The maximum Gasteiger partial charge on any atom is 0.265 e. The van der Waals surface area contributed by atoms with Crippen molar-refractivity contribution in [3.8, 4) is 6.07 Å². The molecule has 1 atom stereocenters. The first-order valence-corrected chi connectivity index (χ1v) is 10.5. The minimum Gasteiger partial charge on any atom is -0.483 e. The van der Waals surface area contributed by atoms with E-state index in [4.69, 9.17) is 11.3 Å². The maximum absolute atomic E-state index is 9.43. The molecule has 0 spiro atoms. The number of rotatable bonds is 3. The molecule has 0 saturated carbocycles. The highest BCUT2D eigenvalue weighted by molar-refractivity contribution is 5.63. The first-order chi connectivity index (χ1) is 15.0. The van der Waals surface area contributed by atoms with Crippen LogP contribution in [0.3, 0.4) is 0 Å². The molecule has 0 fully saturated rings. The van der Waals surface area contributed by atoms with E-state index in [0.717, 1.165) is 24.1 Å². The fourth-order valence-corrected chi connectivity index (χ4v) is 4.35. The average Bonchev–Trinajstić information content (AvgIpc) is 2.79. The molecular formula is C27H25N3O. The van der Waals surface area contributed by atoms with Gasteiger partial charge in [-0.05, 0) is 66.3 Å². The van der Waals surface area contributed by atoms with Crippen molar-refractivity contribution >= 4 is 11.8 Å². The van der Waals surface area contributed by atoms with Crippen LogP contribution in [0.2, 0.25) is 0 Å². The molecule has 2 aliphatic rings. The number of allylic oxidation sites excluding steroid dienone is 3. The van der Waals surface area contributed by atoms with Crippen molar-refractivity contribution in [2.75, 3.05) is 18.5 Å². The van der Waals surface area contributed by atoms with Gasteiger partial charge in [0.15, 0.2) is 0 Å². The number of nitriles is 1. The topological polar surface area (TPSA) is 40.6 Å². The standard InChI is InChI=1S/C27H25N3O/c1-27(23-9-5-4-6-10-23)18-22(25(19-28)29-2)17-24(31-27)13-11-20-12-14-26-21(16-20)8-7-15-30(26)3/h4-6,9-14,16-17H,7-8,15,18H2,1,3H3. The fraction of sp³-hybridized carbons (Fsp3) is 0.259. The molecule has 0 radical (unpaired) electrons. The van der Waals surface area contributed by atoms with Crippen molar-refractivity contribution in [1.82, 2.24) is 0 Å². The van der Waals surface area contributed by atoms with Gasteiger partial charge >= 0.3 is 0 Å². The summed E-state index contributed by atoms with van der Waals surface area (Å²) in [6, 6.07) is 18.5. The minimum absolute atomic E-state index is 0.119. The van der Waals surface area contributed by atoms with Crippen LogP contribution in [0.4, 0.5) is 5.69 Å². The first kappa shape index (κ1) is 20.5. The smallest absolute Gasteiger partial charge is 0.265 e. The van der Waals surface area contributed by atoms with Crippen LogP contribution in [-0.2, 0) is 16.8 Å². The Morgan fingerprint density at radius 1 is 1.23 bits per heavy atom. The Bertz CT molecular complexity index is 1150. The van der Waals surface area contributed by atoms with E-state index in [1.807, 2.05) is 61.6 Å². The van der Waals surface area contributed by atoms with Gasteiger partial charge in [0, 0.05) is 25.7 Å². The molecule has 31 heavy (non-hydrogen) atoms. The first-order valence-electron chi connectivity index (χ1n) is 10.5. The Labute approximate surface area is 184 Å². The molecule has 4 nitrogen and oxygen atoms in total. The third-order valence-electron chi connectivity index (χ3n) is 5.99. The van der Waals surface area contributed by atoms with Gasteiger partial charge in [-0.3, -0.25) is 0 Å². The van der Waals surface area contributed by atoms with Crippen LogP contribution < -0.4 is 4.90 Å². The third kappa shape index (κ3) is 4.25. The summed E-state index contributed by atoms with van der Waals surface area (Å²) in [5.74, 6) is 0.652. The number of benzene rings is 2. The van der Waals surface area contributed by atoms with Gasteiger partial charge in [-0.25, -0.2) is 10.1 Å². The summed E-state index contributed by atoms with van der Waals surface area (Å²) >= 11 is 0. The normalized spacial score (nSPS) is 22.1. The van der Waals surface area contributed by atoms with Gasteiger partial charge in [-0.1, -0.05) is 42.5 Å². The number of aryl methyl sites for hydroxylation is 1. The summed E-state index contributed by atoms with van der Waals surface area (Å²) < 4.78 is 6.40. The third-order valence-corrected chi connectivity index (χ3v) is 5.99. The SMILES string of the molecule is [C-]#[N+]C(C#N)=C1C=C(C=Cc2ccc3c(c2)CCCN3C)OC(C)(c2ccccc2)C1. The van der Waals surface area contributed by atoms with E-state index in [1.165, 1.54) is 17.7 Å². The zero-order valence-corrected chi connectivity index (χ0v) is 17.9. The van der Waals surface area contributed by atoms with Crippen molar-refractivity contribution in [3.05, 3.63) is 106 Å². The average molecular weight is 408 g/mol. The van der Waals surface area contributed by atoms with E-state index in [0.29, 0.717) is 17.8 Å². The number of hydrogen-bond donors (Lipinski definition) is 0. The van der Waals surface area contributed by atoms with Crippen LogP contribution in [-0.4, -0.2) is 13.6 Å². The predicted octanol–water partition coefficient (Wildman–Crippen LogP) is 6.00. The zero-order chi connectivity index (χ0) is 21.8. The molecule has 0 N–H and O–H groups in total. The zero-order valence-electron chi connectivity index (χ0n) is 17.9. The van der Waals surface area contributed by atoms with Crippen molar-refractivity contribution in [2.45, 2.75) is 31.8 Å². The lowest BCUT2D eigenvalue weighted by atomic mass is 9.85. The number of fused-ring (bicyclic) bond motifs is 1. The molecule has 0 saturated heterocycles. The lowest BCUT2D eigenvalue weighted by molar-refractivity contribution is 0.0143. The van der Waals surface area contributed by atoms with Crippen molar-refractivity contribution < 1.29 is 4.74 Å². The van der Waals surface area contributed by atoms with Crippen molar-refractivity contribution in [1.29, 1.82) is 5.26 Å². The van der Waals surface area contributed by atoms with Crippen LogP contribution in [0.5, 0.6) is 0 Å². The molecule has 0 bridgehead atoms. The lowest BCUT2D eigenvalue weighted by Gasteiger charge is -2.36. The number of anilines is 1. The second-order valence-electron chi connectivity index (χ2n) is 8.27. The summed E-state index contributed by atoms with van der Waals surface area (Å²) in [4.78, 5) is 5.74. The van der Waals surface area contributed by atoms with E-state index in [1.54, 1.807) is 0 Å². The molecule has 4 rings (SSSR count). The highest BCUT2D eigenvalue weighted by Gasteiger charge is 2.34. The number of ether oxygens (including phenoxy) is 1. The molecule has 4 heteroatoms. The van der Waals surface area contributed by atoms with Gasteiger partial charge < -0.3 is 9.64 Å². The van der Waals surface area contributed by atoms with Crippen LogP contribution in [0, 0.1) is 17.9 Å². The number of hydrogen-bond acceptors (Lipinski definition) is 3. The van der Waals surface area contributed by atoms with Crippen molar-refractivity contribution in [3.63, 3.8) is 0 Å². The molecule has 2 aromatic rings. The van der Waals surface area contributed by atoms with Crippen molar-refractivity contribution in [2.24, 2.45) is 0 Å². The Morgan fingerprint density at radius 3 is 2.77 bits per heavy atom. The van der Waals surface area contributed by atoms with Crippen LogP contribution in [0.25, 0.3) is 10.9 Å². The van der Waals surface area contributed by atoms with E-state index < -0.39 is 5.60 Å². The fourth-order valence-electron chi connectivity index (χ4n) is 4.35. The minimum atomic E-state index is -0.642. The highest BCUT2D eigenvalue weighted by atomic mass is 16.5. The van der Waals surface area contributed by atoms with Crippen LogP contribution in [0.1, 0.15) is 36.5 Å². The highest BCUT2D eigenvalue weighted by Crippen LogP contribution is 2.40. The molecule has 0 aliphatic carbocycles. The van der Waals surface area contributed by atoms with E-state index in [9.17, 15) is 5.26 Å². The quantitative estimate of drug-likeness (QED) is 0.463. The van der Waals surface area contributed by atoms with Gasteiger partial charge in [0.2, 0.25) is 0 Å². The summed E-state index contributed by atoms with van der Waals surface area (Å²) in [5, 5.41) is 9.43. The molecule has 0 aromatic heterocycles. The van der Waals surface area contributed by atoms with Gasteiger partial charge in [-0.15, -0.1) is 0 Å². The molecule has 0 amide bonds. The van der Waals surface area contributed by atoms with Gasteiger partial charge in [0.25, 0.3) is 5.70 Å². The van der Waals surface area contributed by atoms with E-state index >= 15 is 0 Å². The van der Waals surface area contributed by atoms with Crippen LogP contribution >= 0.6 is 0 Å². The lowest BCUT2D eigenvalue weighted by Crippen LogP contribution is -2.29. The summed E-state index contributed by atoms with van der Waals surface area (Å²) in [6.07, 6.45) is 8.54. The Morgan fingerprint density at radius 2 is 2.03 bits per heavy atom. The van der Waals surface area contributed by atoms with Gasteiger partial charge in [-0.2, -0.15) is 0 Å². The number of nitrogens with zero attached hydrogens (tertiary/aromatic N) is 3. The monoisotopic (exact) mass is 407 g/mol. The van der Waals surface area contributed by atoms with E-state index in [-0.39, 0.29) is 5.70 Å². The van der Waals surface area contributed by atoms with Crippen LogP contribution in [0.15, 0.2) is 77.7 Å². The Balaban J connectivity index is 1.69. The Hall–Kier alpha value is -3.76. The second kappa shape index (κ2) is 8.54. The molecule has 2 aromatic carbocycles. The molecule has 2 aliphatic heterocycles. The molecule has 154 valence electrons. The summed E-state index contributed by atoms with van der Waals surface area (Å²) in [7, 11) is 2.14. The Kier molecular flexibility index (Phi) is 5.65. The summed E-state index contributed by atoms with van der Waals surface area (Å²) in [5.41, 5.74) is 4.98. The largest absolute Gasteiger partial charge is 0.483 e. The van der Waals surface area contributed by atoms with Gasteiger partial charge in [0.1, 0.15) is 11.4 Å². The molecule has 1 unspecified atom stereocenters. The summed E-state index contributed by atoms with van der Waals surface area (Å²) in [6.45, 7) is 10.5.